The maximum Gasteiger partial charge on any atom is 0.231 e. The molecule has 1 atom stereocenters. The molecule has 0 aliphatic carbocycles. The summed E-state index contributed by atoms with van der Waals surface area (Å²) in [5.41, 5.74) is 1.57. The van der Waals surface area contributed by atoms with E-state index in [1.807, 2.05) is 24.3 Å². The Morgan fingerprint density at radius 1 is 1.24 bits per heavy atom. The van der Waals surface area contributed by atoms with Crippen LogP contribution in [0.25, 0.3) is 0 Å². The Bertz CT molecular complexity index is 696. The van der Waals surface area contributed by atoms with E-state index in [0.717, 1.165) is 12.8 Å². The molecule has 0 aliphatic rings. The highest BCUT2D eigenvalue weighted by Crippen LogP contribution is 2.15. The third-order valence-corrected chi connectivity index (χ3v) is 4.00. The predicted octanol–water partition coefficient (Wildman–Crippen LogP) is 2.69. The van der Waals surface area contributed by atoms with E-state index in [1.54, 1.807) is 18.3 Å². The highest BCUT2D eigenvalue weighted by Gasteiger charge is 2.19. The van der Waals surface area contributed by atoms with E-state index in [0.29, 0.717) is 12.1 Å². The molecule has 0 saturated heterocycles. The molecule has 0 radical (unpaired) electrons. The van der Waals surface area contributed by atoms with Crippen LogP contribution in [0.1, 0.15) is 31.4 Å². The molecule has 0 aliphatic heterocycles. The van der Waals surface area contributed by atoms with Crippen LogP contribution in [0.2, 0.25) is 0 Å². The van der Waals surface area contributed by atoms with E-state index in [9.17, 15) is 5.11 Å². The van der Waals surface area contributed by atoms with Gasteiger partial charge in [0, 0.05) is 18.3 Å². The molecule has 2 aromatic rings. The lowest BCUT2D eigenvalue weighted by Gasteiger charge is -2.28. The standard InChI is InChI=1S/C20H25N3O2/c1-20(2,11-10-16-7-4-3-5-8-16)23-14-18(24)15-25-19-17(13-21)9-6-12-22-19/h3-9,12,18,23-24H,10-11,14-15H2,1-2H3. The van der Waals surface area contributed by atoms with Crippen molar-refractivity contribution < 1.29 is 9.84 Å². The van der Waals surface area contributed by atoms with Gasteiger partial charge in [-0.25, -0.2) is 4.98 Å². The van der Waals surface area contributed by atoms with Crippen LogP contribution in [0.3, 0.4) is 0 Å². The minimum absolute atomic E-state index is 0.0907. The number of aromatic nitrogens is 1. The smallest absolute Gasteiger partial charge is 0.231 e. The average molecular weight is 339 g/mol. The second-order valence-corrected chi connectivity index (χ2v) is 6.68. The monoisotopic (exact) mass is 339 g/mol. The van der Waals surface area contributed by atoms with E-state index in [1.165, 1.54) is 5.56 Å². The molecular formula is C20H25N3O2. The number of ether oxygens (including phenoxy) is 1. The average Bonchev–Trinajstić information content (AvgIpc) is 2.64. The topological polar surface area (TPSA) is 78.2 Å². The first-order valence-corrected chi connectivity index (χ1v) is 8.45. The van der Waals surface area contributed by atoms with Gasteiger partial charge in [0.05, 0.1) is 0 Å². The maximum atomic E-state index is 10.1. The minimum Gasteiger partial charge on any atom is -0.474 e. The van der Waals surface area contributed by atoms with Crippen molar-refractivity contribution in [1.82, 2.24) is 10.3 Å². The zero-order valence-electron chi connectivity index (χ0n) is 14.8. The van der Waals surface area contributed by atoms with Crippen molar-refractivity contribution in [2.24, 2.45) is 0 Å². The normalized spacial score (nSPS) is 12.4. The Labute approximate surface area is 149 Å². The van der Waals surface area contributed by atoms with Crippen LogP contribution in [-0.2, 0) is 6.42 Å². The number of hydrogen-bond donors (Lipinski definition) is 2. The number of aryl methyl sites for hydroxylation is 1. The molecule has 0 amide bonds. The fraction of sp³-hybridized carbons (Fsp3) is 0.400. The van der Waals surface area contributed by atoms with Crippen molar-refractivity contribution in [2.45, 2.75) is 38.3 Å². The van der Waals surface area contributed by atoms with E-state index in [4.69, 9.17) is 10.00 Å². The number of aliphatic hydroxyl groups excluding tert-OH is 1. The van der Waals surface area contributed by atoms with Crippen LogP contribution in [0.15, 0.2) is 48.7 Å². The van der Waals surface area contributed by atoms with Gasteiger partial charge in [0.2, 0.25) is 5.88 Å². The molecule has 132 valence electrons. The highest BCUT2D eigenvalue weighted by molar-refractivity contribution is 5.36. The molecule has 2 rings (SSSR count). The summed E-state index contributed by atoms with van der Waals surface area (Å²) in [6.45, 7) is 4.75. The van der Waals surface area contributed by atoms with Crippen molar-refractivity contribution in [3.05, 3.63) is 59.8 Å². The van der Waals surface area contributed by atoms with Gasteiger partial charge in [-0.1, -0.05) is 30.3 Å². The number of benzene rings is 1. The van der Waals surface area contributed by atoms with Gasteiger partial charge in [-0.3, -0.25) is 0 Å². The molecular weight excluding hydrogens is 314 g/mol. The Hall–Kier alpha value is -2.42. The maximum absolute atomic E-state index is 10.1. The van der Waals surface area contributed by atoms with Crippen LogP contribution in [-0.4, -0.2) is 34.9 Å². The first-order chi connectivity index (χ1) is 12.0. The van der Waals surface area contributed by atoms with Gasteiger partial charge in [0.1, 0.15) is 24.3 Å². The van der Waals surface area contributed by atoms with Gasteiger partial charge in [0.15, 0.2) is 0 Å². The summed E-state index contributed by atoms with van der Waals surface area (Å²) < 4.78 is 5.46. The Morgan fingerprint density at radius 2 is 2.00 bits per heavy atom. The number of aliphatic hydroxyl groups is 1. The van der Waals surface area contributed by atoms with Gasteiger partial charge in [-0.2, -0.15) is 5.26 Å². The summed E-state index contributed by atoms with van der Waals surface area (Å²) in [4.78, 5) is 4.02. The lowest BCUT2D eigenvalue weighted by atomic mass is 9.95. The summed E-state index contributed by atoms with van der Waals surface area (Å²) in [5.74, 6) is 0.257. The van der Waals surface area contributed by atoms with E-state index in [2.05, 4.69) is 36.3 Å². The summed E-state index contributed by atoms with van der Waals surface area (Å²) in [5, 5.41) is 22.5. The van der Waals surface area contributed by atoms with Crippen LogP contribution in [0.5, 0.6) is 5.88 Å². The van der Waals surface area contributed by atoms with Gasteiger partial charge in [-0.05, 0) is 44.4 Å². The molecule has 1 unspecified atom stereocenters. The molecule has 5 heteroatoms. The zero-order chi connectivity index (χ0) is 18.1. The quantitative estimate of drug-likeness (QED) is 0.734. The van der Waals surface area contributed by atoms with Gasteiger partial charge >= 0.3 is 0 Å². The number of nitrogens with zero attached hydrogens (tertiary/aromatic N) is 2. The lowest BCUT2D eigenvalue weighted by molar-refractivity contribution is 0.0958. The first-order valence-electron chi connectivity index (χ1n) is 8.45. The number of nitrogens with one attached hydrogen (secondary N) is 1. The number of rotatable bonds is 9. The Balaban J connectivity index is 1.74. The van der Waals surface area contributed by atoms with Crippen molar-refractivity contribution in [3.8, 4) is 11.9 Å². The van der Waals surface area contributed by atoms with Crippen LogP contribution in [0, 0.1) is 11.3 Å². The van der Waals surface area contributed by atoms with E-state index < -0.39 is 6.10 Å². The summed E-state index contributed by atoms with van der Waals surface area (Å²) in [6.07, 6.45) is 2.83. The molecule has 0 spiro atoms. The number of nitriles is 1. The van der Waals surface area contributed by atoms with E-state index in [-0.39, 0.29) is 18.0 Å². The second kappa shape index (κ2) is 9.16. The largest absolute Gasteiger partial charge is 0.474 e. The van der Waals surface area contributed by atoms with Crippen LogP contribution < -0.4 is 10.1 Å². The molecule has 0 saturated carbocycles. The number of pyridine rings is 1. The Morgan fingerprint density at radius 3 is 2.72 bits per heavy atom. The Kier molecular flexibility index (Phi) is 6.93. The van der Waals surface area contributed by atoms with Crippen molar-refractivity contribution in [3.63, 3.8) is 0 Å². The third kappa shape index (κ3) is 6.54. The second-order valence-electron chi connectivity index (χ2n) is 6.68. The van der Waals surface area contributed by atoms with Gasteiger partial charge < -0.3 is 15.2 Å². The molecule has 5 nitrogen and oxygen atoms in total. The molecule has 1 heterocycles. The molecule has 2 N–H and O–H groups in total. The number of β-amino-alcohol motifs (C(OH)–C–C–N with tert-alkyl or cyclic N) is 1. The molecule has 0 bridgehead atoms. The fourth-order valence-electron chi connectivity index (χ4n) is 2.41. The number of hydrogen-bond acceptors (Lipinski definition) is 5. The minimum atomic E-state index is -0.676. The van der Waals surface area contributed by atoms with Crippen LogP contribution >= 0.6 is 0 Å². The summed E-state index contributed by atoms with van der Waals surface area (Å²) in [6, 6.07) is 15.7. The molecule has 0 fully saturated rings. The van der Waals surface area contributed by atoms with E-state index >= 15 is 0 Å². The van der Waals surface area contributed by atoms with Gasteiger partial charge in [0.25, 0.3) is 0 Å². The third-order valence-electron chi connectivity index (χ3n) is 4.00. The fourth-order valence-corrected chi connectivity index (χ4v) is 2.41. The summed E-state index contributed by atoms with van der Waals surface area (Å²) >= 11 is 0. The predicted molar refractivity (Wildman–Crippen MR) is 97.3 cm³/mol. The van der Waals surface area contributed by atoms with Crippen molar-refractivity contribution in [2.75, 3.05) is 13.2 Å². The van der Waals surface area contributed by atoms with Crippen molar-refractivity contribution in [1.29, 1.82) is 5.26 Å². The molecule has 1 aromatic heterocycles. The van der Waals surface area contributed by atoms with Gasteiger partial charge in [-0.15, -0.1) is 0 Å². The molecule has 1 aromatic carbocycles. The first kappa shape index (κ1) is 18.9. The SMILES string of the molecule is CC(C)(CCc1ccccc1)NCC(O)COc1ncccc1C#N. The van der Waals surface area contributed by atoms with Crippen molar-refractivity contribution >= 4 is 0 Å². The summed E-state index contributed by atoms with van der Waals surface area (Å²) in [7, 11) is 0. The highest BCUT2D eigenvalue weighted by atomic mass is 16.5. The van der Waals surface area contributed by atoms with Crippen LogP contribution in [0.4, 0.5) is 0 Å². The zero-order valence-corrected chi connectivity index (χ0v) is 14.8. The lowest BCUT2D eigenvalue weighted by Crippen LogP contribution is -2.45. The molecule has 25 heavy (non-hydrogen) atoms.